The summed E-state index contributed by atoms with van der Waals surface area (Å²) in [6.45, 7) is 6.56. The normalized spacial score (nSPS) is 16.9. The highest BCUT2D eigenvalue weighted by molar-refractivity contribution is 5.90. The van der Waals surface area contributed by atoms with E-state index in [1.807, 2.05) is 24.3 Å². The number of likely N-dealkylation sites (tertiary alicyclic amines) is 1. The molecule has 4 aromatic rings. The van der Waals surface area contributed by atoms with Crippen molar-refractivity contribution in [1.29, 1.82) is 0 Å². The highest BCUT2D eigenvalue weighted by Crippen LogP contribution is 2.26. The lowest BCUT2D eigenvalue weighted by Gasteiger charge is -2.24. The summed E-state index contributed by atoms with van der Waals surface area (Å²) >= 11 is 0. The quantitative estimate of drug-likeness (QED) is 0.296. The summed E-state index contributed by atoms with van der Waals surface area (Å²) in [5.74, 6) is -1.77. The van der Waals surface area contributed by atoms with Gasteiger partial charge in [0.1, 0.15) is 5.60 Å². The van der Waals surface area contributed by atoms with Gasteiger partial charge in [-0.2, -0.15) is 0 Å². The molecule has 2 atom stereocenters. The average molecular weight is 566 g/mol. The zero-order valence-corrected chi connectivity index (χ0v) is 24.6. The minimum absolute atomic E-state index is 0.138. The first kappa shape index (κ1) is 29.1. The van der Waals surface area contributed by atoms with Crippen LogP contribution in [0.15, 0.2) is 84.9 Å². The van der Waals surface area contributed by atoms with Gasteiger partial charge in [0.2, 0.25) is 11.8 Å². The smallest absolute Gasteiger partial charge is 0.410 e. The molecule has 218 valence electrons. The maximum atomic E-state index is 13.4. The first-order chi connectivity index (χ1) is 20.2. The number of nitrogens with zero attached hydrogens (tertiary/aromatic N) is 1. The van der Waals surface area contributed by atoms with Crippen molar-refractivity contribution in [2.24, 2.45) is 11.8 Å². The van der Waals surface area contributed by atoms with Crippen molar-refractivity contribution in [3.63, 3.8) is 0 Å². The number of fused-ring (bicyclic) bond motifs is 2. The molecule has 1 saturated heterocycles. The van der Waals surface area contributed by atoms with Crippen molar-refractivity contribution in [3.05, 3.63) is 96.1 Å². The van der Waals surface area contributed by atoms with E-state index >= 15 is 0 Å². The molecule has 5 rings (SSSR count). The largest absolute Gasteiger partial charge is 0.444 e. The van der Waals surface area contributed by atoms with E-state index in [-0.39, 0.29) is 24.9 Å². The third kappa shape index (κ3) is 7.27. The van der Waals surface area contributed by atoms with Gasteiger partial charge in [-0.3, -0.25) is 9.59 Å². The molecule has 0 bridgehead atoms. The van der Waals surface area contributed by atoms with Gasteiger partial charge in [0, 0.05) is 26.2 Å². The van der Waals surface area contributed by atoms with E-state index in [9.17, 15) is 14.4 Å². The minimum atomic E-state index is -0.672. The highest BCUT2D eigenvalue weighted by atomic mass is 16.6. The molecule has 7 heteroatoms. The zero-order valence-electron chi connectivity index (χ0n) is 24.6. The topological polar surface area (TPSA) is 87.7 Å². The van der Waals surface area contributed by atoms with Gasteiger partial charge in [0.25, 0.3) is 0 Å². The van der Waals surface area contributed by atoms with E-state index in [4.69, 9.17) is 4.74 Å². The van der Waals surface area contributed by atoms with Crippen LogP contribution in [0.5, 0.6) is 0 Å². The van der Waals surface area contributed by atoms with Crippen molar-refractivity contribution in [2.75, 3.05) is 26.2 Å². The summed E-state index contributed by atoms with van der Waals surface area (Å²) in [7, 11) is 0. The number of nitrogens with one attached hydrogen (secondary N) is 2. The third-order valence-electron chi connectivity index (χ3n) is 7.70. The molecule has 42 heavy (non-hydrogen) atoms. The maximum Gasteiger partial charge on any atom is 0.410 e. The van der Waals surface area contributed by atoms with Gasteiger partial charge < -0.3 is 20.3 Å². The molecule has 0 spiro atoms. The minimum Gasteiger partial charge on any atom is -0.444 e. The molecule has 1 aliphatic rings. The van der Waals surface area contributed by atoms with Crippen molar-refractivity contribution in [1.82, 2.24) is 15.5 Å². The van der Waals surface area contributed by atoms with Gasteiger partial charge in [-0.1, -0.05) is 84.9 Å². The zero-order chi connectivity index (χ0) is 29.7. The van der Waals surface area contributed by atoms with Gasteiger partial charge in [0.05, 0.1) is 11.8 Å². The van der Waals surface area contributed by atoms with E-state index in [1.165, 1.54) is 15.7 Å². The lowest BCUT2D eigenvalue weighted by molar-refractivity contribution is -0.132. The Morgan fingerprint density at radius 2 is 1.12 bits per heavy atom. The van der Waals surface area contributed by atoms with E-state index in [0.29, 0.717) is 25.9 Å². The van der Waals surface area contributed by atoms with Gasteiger partial charge in [-0.15, -0.1) is 0 Å². The summed E-state index contributed by atoms with van der Waals surface area (Å²) in [6.07, 6.45) is 0.826. The van der Waals surface area contributed by atoms with E-state index < -0.39 is 23.5 Å². The van der Waals surface area contributed by atoms with Gasteiger partial charge in [-0.25, -0.2) is 4.79 Å². The van der Waals surface area contributed by atoms with E-state index in [0.717, 1.165) is 21.9 Å². The van der Waals surface area contributed by atoms with E-state index in [2.05, 4.69) is 71.3 Å². The van der Waals surface area contributed by atoms with Crippen LogP contribution in [0.4, 0.5) is 4.79 Å². The summed E-state index contributed by atoms with van der Waals surface area (Å²) in [4.78, 5) is 41.1. The predicted octanol–water partition coefficient (Wildman–Crippen LogP) is 5.49. The molecule has 0 radical (unpaired) electrons. The summed E-state index contributed by atoms with van der Waals surface area (Å²) in [5.41, 5.74) is 1.58. The van der Waals surface area contributed by atoms with Crippen LogP contribution in [-0.4, -0.2) is 54.6 Å². The second kappa shape index (κ2) is 12.6. The van der Waals surface area contributed by atoms with Crippen LogP contribution in [0.2, 0.25) is 0 Å². The Kier molecular flexibility index (Phi) is 8.76. The van der Waals surface area contributed by atoms with Gasteiger partial charge >= 0.3 is 6.09 Å². The number of ether oxygens (including phenoxy) is 1. The maximum absolute atomic E-state index is 13.4. The van der Waals surface area contributed by atoms with E-state index in [1.54, 1.807) is 20.8 Å². The molecule has 2 N–H and O–H groups in total. The van der Waals surface area contributed by atoms with Crippen LogP contribution < -0.4 is 10.6 Å². The molecule has 0 aromatic heterocycles. The Morgan fingerprint density at radius 3 is 1.55 bits per heavy atom. The van der Waals surface area contributed by atoms with Gasteiger partial charge in [0.15, 0.2) is 0 Å². The SMILES string of the molecule is CC(C)(C)OC(=O)N1CC(C(=O)NCCc2ccc3ccccc3c2)C(C(=O)NCCc2ccc3ccccc3c2)C1. The molecule has 1 aliphatic heterocycles. The first-order valence-electron chi connectivity index (χ1n) is 14.6. The Hall–Kier alpha value is -4.39. The molecule has 0 saturated carbocycles. The van der Waals surface area contributed by atoms with Crippen molar-refractivity contribution in [2.45, 2.75) is 39.2 Å². The van der Waals surface area contributed by atoms with Crippen LogP contribution in [0.25, 0.3) is 21.5 Å². The fraction of sp³-hybridized carbons (Fsp3) is 0.343. The fourth-order valence-electron chi connectivity index (χ4n) is 5.52. The second-order valence-electron chi connectivity index (χ2n) is 12.0. The molecule has 0 aliphatic carbocycles. The Morgan fingerprint density at radius 1 is 0.690 bits per heavy atom. The van der Waals surface area contributed by atoms with Crippen LogP contribution in [0.3, 0.4) is 0 Å². The van der Waals surface area contributed by atoms with Crippen molar-refractivity contribution >= 4 is 39.5 Å². The highest BCUT2D eigenvalue weighted by Gasteiger charge is 2.44. The molecule has 1 fully saturated rings. The number of hydrogen-bond acceptors (Lipinski definition) is 4. The number of amides is 3. The average Bonchev–Trinajstić information content (AvgIpc) is 3.42. The Balaban J connectivity index is 1.20. The summed E-state index contributed by atoms with van der Waals surface area (Å²) < 4.78 is 5.55. The lowest BCUT2D eigenvalue weighted by atomic mass is 9.94. The standard InChI is InChI=1S/C35H39N3O4/c1-35(2,3)42-34(41)38-22-30(32(39)36-18-16-24-12-14-26-8-4-6-10-28(26)20-24)31(23-38)33(40)37-19-17-25-13-15-27-9-5-7-11-29(27)21-25/h4-15,20-21,30-31H,16-19,22-23H2,1-3H3,(H,36,39)(H,37,40). The number of carbonyl (C=O) groups excluding carboxylic acids is 3. The lowest BCUT2D eigenvalue weighted by Crippen LogP contribution is -2.42. The van der Waals surface area contributed by atoms with Gasteiger partial charge in [-0.05, 0) is 66.3 Å². The van der Waals surface area contributed by atoms with Crippen LogP contribution in [-0.2, 0) is 27.2 Å². The third-order valence-corrected chi connectivity index (χ3v) is 7.70. The van der Waals surface area contributed by atoms with Crippen LogP contribution in [0, 0.1) is 11.8 Å². The first-order valence-corrected chi connectivity index (χ1v) is 14.6. The number of rotatable bonds is 8. The summed E-state index contributed by atoms with van der Waals surface area (Å²) in [5, 5.41) is 10.7. The van der Waals surface area contributed by atoms with Crippen molar-refractivity contribution in [3.8, 4) is 0 Å². The summed E-state index contributed by atoms with van der Waals surface area (Å²) in [6, 6.07) is 28.9. The Bertz CT molecular complexity index is 1490. The molecule has 1 heterocycles. The van der Waals surface area contributed by atoms with Crippen LogP contribution >= 0.6 is 0 Å². The monoisotopic (exact) mass is 565 g/mol. The number of carbonyl (C=O) groups is 3. The molecular weight excluding hydrogens is 526 g/mol. The number of hydrogen-bond donors (Lipinski definition) is 2. The molecule has 7 nitrogen and oxygen atoms in total. The predicted molar refractivity (Wildman–Crippen MR) is 166 cm³/mol. The Labute approximate surface area is 247 Å². The second-order valence-corrected chi connectivity index (χ2v) is 12.0. The van der Waals surface area contributed by atoms with Crippen LogP contribution in [0.1, 0.15) is 31.9 Å². The fourth-order valence-corrected chi connectivity index (χ4v) is 5.52. The molecule has 2 unspecified atom stereocenters. The molecular formula is C35H39N3O4. The molecule has 3 amide bonds. The number of benzene rings is 4. The van der Waals surface area contributed by atoms with Crippen molar-refractivity contribution < 1.29 is 19.1 Å². The molecule has 4 aromatic carbocycles.